The lowest BCUT2D eigenvalue weighted by molar-refractivity contribution is -0.796. The fraction of sp³-hybridized carbons (Fsp3) is 1.00. The SMILES string of the molecule is IOC1CC(N2CC3(CC[NH2+]3)C2)C1. The molecule has 4 heteroatoms. The summed E-state index contributed by atoms with van der Waals surface area (Å²) >= 11 is 2.03. The van der Waals surface area contributed by atoms with Gasteiger partial charge < -0.3 is 8.38 Å². The van der Waals surface area contributed by atoms with E-state index in [0.717, 1.165) is 6.04 Å². The van der Waals surface area contributed by atoms with E-state index >= 15 is 0 Å². The van der Waals surface area contributed by atoms with E-state index in [1.54, 1.807) is 0 Å². The normalized spacial score (nSPS) is 42.2. The van der Waals surface area contributed by atoms with Crippen LogP contribution < -0.4 is 5.32 Å². The molecule has 3 fully saturated rings. The molecular weight excluding hydrogens is 279 g/mol. The molecule has 3 nitrogen and oxygen atoms in total. The van der Waals surface area contributed by atoms with Gasteiger partial charge >= 0.3 is 0 Å². The van der Waals surface area contributed by atoms with Crippen molar-refractivity contribution in [3.63, 3.8) is 0 Å². The first-order valence-corrected chi connectivity index (χ1v) is 6.05. The van der Waals surface area contributed by atoms with Gasteiger partial charge in [0, 0.05) is 6.04 Å². The molecule has 2 N–H and O–H groups in total. The van der Waals surface area contributed by atoms with Crippen molar-refractivity contribution in [3.8, 4) is 0 Å². The Morgan fingerprint density at radius 1 is 1.38 bits per heavy atom. The molecule has 13 heavy (non-hydrogen) atoms. The number of quaternary nitrogens is 1. The highest BCUT2D eigenvalue weighted by Gasteiger charge is 2.55. The van der Waals surface area contributed by atoms with Crippen LogP contribution in [-0.2, 0) is 3.07 Å². The second-order valence-electron chi connectivity index (χ2n) is 4.85. The van der Waals surface area contributed by atoms with Gasteiger partial charge in [-0.15, -0.1) is 0 Å². The molecule has 74 valence electrons. The van der Waals surface area contributed by atoms with Crippen LogP contribution in [0.4, 0.5) is 0 Å². The lowest BCUT2D eigenvalue weighted by Crippen LogP contribution is -3.12. The highest BCUT2D eigenvalue weighted by atomic mass is 127. The van der Waals surface area contributed by atoms with E-state index in [0.29, 0.717) is 11.6 Å². The summed E-state index contributed by atoms with van der Waals surface area (Å²) in [6.07, 6.45) is 4.52. The lowest BCUT2D eigenvalue weighted by Gasteiger charge is -2.57. The highest BCUT2D eigenvalue weighted by molar-refractivity contribution is 14.1. The minimum Gasteiger partial charge on any atom is -0.339 e. The van der Waals surface area contributed by atoms with Crippen LogP contribution in [0.5, 0.6) is 0 Å². The van der Waals surface area contributed by atoms with Gasteiger partial charge in [0.05, 0.1) is 32.2 Å². The molecule has 2 saturated heterocycles. The van der Waals surface area contributed by atoms with Crippen molar-refractivity contribution in [2.75, 3.05) is 19.6 Å². The Kier molecular flexibility index (Phi) is 2.08. The minimum atomic E-state index is 0.549. The van der Waals surface area contributed by atoms with Crippen LogP contribution in [0.15, 0.2) is 0 Å². The van der Waals surface area contributed by atoms with Crippen LogP contribution >= 0.6 is 23.0 Å². The fourth-order valence-corrected chi connectivity index (χ4v) is 3.18. The molecule has 0 bridgehead atoms. The smallest absolute Gasteiger partial charge is 0.127 e. The monoisotopic (exact) mass is 295 g/mol. The van der Waals surface area contributed by atoms with Crippen molar-refractivity contribution < 1.29 is 8.38 Å². The zero-order valence-electron chi connectivity index (χ0n) is 7.71. The first-order chi connectivity index (χ1) is 6.31. The summed E-state index contributed by atoms with van der Waals surface area (Å²) < 4.78 is 5.26. The maximum atomic E-state index is 5.26. The Morgan fingerprint density at radius 3 is 2.54 bits per heavy atom. The summed E-state index contributed by atoms with van der Waals surface area (Å²) in [5.41, 5.74) is 0.677. The molecule has 0 unspecified atom stereocenters. The van der Waals surface area contributed by atoms with E-state index in [4.69, 9.17) is 3.07 Å². The summed E-state index contributed by atoms with van der Waals surface area (Å²) in [6.45, 7) is 4.04. The molecular formula is C9H16IN2O+. The van der Waals surface area contributed by atoms with E-state index < -0.39 is 0 Å². The number of nitrogens with two attached hydrogens (primary N) is 1. The zero-order chi connectivity index (χ0) is 8.89. The van der Waals surface area contributed by atoms with Crippen LogP contribution in [0.25, 0.3) is 0 Å². The van der Waals surface area contributed by atoms with Crippen LogP contribution in [0, 0.1) is 0 Å². The molecule has 0 radical (unpaired) electrons. The van der Waals surface area contributed by atoms with Crippen molar-refractivity contribution in [2.45, 2.75) is 36.9 Å². The third-order valence-electron chi connectivity index (χ3n) is 3.97. The van der Waals surface area contributed by atoms with Gasteiger partial charge in [-0.05, 0) is 12.8 Å². The lowest BCUT2D eigenvalue weighted by atomic mass is 9.76. The number of rotatable bonds is 2. The largest absolute Gasteiger partial charge is 0.339 e. The van der Waals surface area contributed by atoms with E-state index in [2.05, 4.69) is 10.2 Å². The van der Waals surface area contributed by atoms with Gasteiger partial charge in [0.15, 0.2) is 0 Å². The molecule has 2 heterocycles. The quantitative estimate of drug-likeness (QED) is 0.721. The molecule has 0 aromatic carbocycles. The van der Waals surface area contributed by atoms with Gasteiger partial charge in [0.2, 0.25) is 0 Å². The Morgan fingerprint density at radius 2 is 2.08 bits per heavy atom. The molecule has 1 saturated carbocycles. The molecule has 1 spiro atoms. The van der Waals surface area contributed by atoms with Crippen LogP contribution in [0.3, 0.4) is 0 Å². The van der Waals surface area contributed by atoms with Gasteiger partial charge in [-0.25, -0.2) is 0 Å². The van der Waals surface area contributed by atoms with Gasteiger partial charge in [0.1, 0.15) is 28.5 Å². The Bertz CT molecular complexity index is 206. The van der Waals surface area contributed by atoms with Crippen molar-refractivity contribution in [3.05, 3.63) is 0 Å². The molecule has 0 aromatic rings. The van der Waals surface area contributed by atoms with Crippen LogP contribution in [0.2, 0.25) is 0 Å². The second-order valence-corrected chi connectivity index (χ2v) is 5.36. The van der Waals surface area contributed by atoms with Crippen molar-refractivity contribution in [2.24, 2.45) is 0 Å². The Balaban J connectivity index is 1.45. The number of likely N-dealkylation sites (tertiary alicyclic amines) is 1. The highest BCUT2D eigenvalue weighted by Crippen LogP contribution is 2.36. The Hall–Kier alpha value is 0.610. The molecule has 2 aliphatic heterocycles. The summed E-state index contributed by atoms with van der Waals surface area (Å²) in [5.74, 6) is 0. The van der Waals surface area contributed by atoms with E-state index in [9.17, 15) is 0 Å². The molecule has 0 atom stereocenters. The Labute approximate surface area is 92.9 Å². The summed E-state index contributed by atoms with van der Waals surface area (Å²) in [6, 6.07) is 0.847. The second kappa shape index (κ2) is 3.05. The molecule has 0 amide bonds. The summed E-state index contributed by atoms with van der Waals surface area (Å²) in [4.78, 5) is 2.64. The summed E-state index contributed by atoms with van der Waals surface area (Å²) in [7, 11) is 0. The topological polar surface area (TPSA) is 29.1 Å². The fourth-order valence-electron chi connectivity index (χ4n) is 2.77. The first-order valence-electron chi connectivity index (χ1n) is 5.17. The summed E-state index contributed by atoms with van der Waals surface area (Å²) in [5, 5.41) is 2.52. The average Bonchev–Trinajstić information content (AvgIpc) is 1.86. The van der Waals surface area contributed by atoms with Crippen molar-refractivity contribution >= 4 is 23.0 Å². The third kappa shape index (κ3) is 1.33. The average molecular weight is 295 g/mol. The van der Waals surface area contributed by atoms with Gasteiger partial charge in [0.25, 0.3) is 0 Å². The molecule has 0 aromatic heterocycles. The molecule has 3 aliphatic rings. The number of hydrogen-bond acceptors (Lipinski definition) is 2. The molecule has 1 aliphatic carbocycles. The zero-order valence-corrected chi connectivity index (χ0v) is 9.87. The van der Waals surface area contributed by atoms with E-state index in [1.807, 2.05) is 23.0 Å². The number of nitrogens with zero attached hydrogens (tertiary/aromatic N) is 1. The van der Waals surface area contributed by atoms with Crippen molar-refractivity contribution in [1.82, 2.24) is 4.90 Å². The maximum absolute atomic E-state index is 5.26. The number of halogens is 1. The van der Waals surface area contributed by atoms with Crippen LogP contribution in [-0.4, -0.2) is 42.2 Å². The third-order valence-corrected chi connectivity index (χ3v) is 4.69. The van der Waals surface area contributed by atoms with Gasteiger partial charge in [-0.3, -0.25) is 4.90 Å². The predicted molar refractivity (Wildman–Crippen MR) is 57.6 cm³/mol. The van der Waals surface area contributed by atoms with Gasteiger partial charge in [-0.1, -0.05) is 0 Å². The predicted octanol–water partition coefficient (Wildman–Crippen LogP) is -0.0945. The van der Waals surface area contributed by atoms with Crippen molar-refractivity contribution in [1.29, 1.82) is 0 Å². The van der Waals surface area contributed by atoms with Gasteiger partial charge in [-0.2, -0.15) is 0 Å². The number of hydrogen-bond donors (Lipinski definition) is 1. The van der Waals surface area contributed by atoms with E-state index in [-0.39, 0.29) is 0 Å². The molecule has 3 rings (SSSR count). The first kappa shape index (κ1) is 8.88. The maximum Gasteiger partial charge on any atom is 0.127 e. The van der Waals surface area contributed by atoms with Crippen LogP contribution in [0.1, 0.15) is 19.3 Å². The standard InChI is InChI=1S/C9H15IN2O/c10-13-8-3-7(4-8)12-5-9(6-12)1-2-11-9/h7-8,11H,1-6H2/p+1. The minimum absolute atomic E-state index is 0.549. The van der Waals surface area contributed by atoms with E-state index in [1.165, 1.54) is 38.9 Å².